The number of amides is 1. The van der Waals surface area contributed by atoms with E-state index in [9.17, 15) is 4.79 Å². The van der Waals surface area contributed by atoms with Gasteiger partial charge >= 0.3 is 0 Å². The highest BCUT2D eigenvalue weighted by Gasteiger charge is 2.25. The number of furan rings is 1. The first kappa shape index (κ1) is 25.2. The Balaban J connectivity index is 0.00000341. The average molecular weight is 539 g/mol. The zero-order valence-electron chi connectivity index (χ0n) is 18.2. The molecule has 0 radical (unpaired) electrons. The maximum absolute atomic E-state index is 12.1. The molecule has 31 heavy (non-hydrogen) atoms. The van der Waals surface area contributed by atoms with Crippen molar-refractivity contribution in [3.8, 4) is 0 Å². The molecule has 170 valence electrons. The van der Waals surface area contributed by atoms with Crippen molar-refractivity contribution in [2.24, 2.45) is 4.99 Å². The van der Waals surface area contributed by atoms with Crippen LogP contribution in [0.2, 0.25) is 0 Å². The van der Waals surface area contributed by atoms with Gasteiger partial charge in [-0.1, -0.05) is 18.2 Å². The van der Waals surface area contributed by atoms with E-state index in [1.54, 1.807) is 6.26 Å². The van der Waals surface area contributed by atoms with Crippen LogP contribution >= 0.6 is 24.0 Å². The number of hydrogen-bond donors (Lipinski definition) is 3. The van der Waals surface area contributed by atoms with Crippen molar-refractivity contribution < 1.29 is 9.21 Å². The highest BCUT2D eigenvalue weighted by Crippen LogP contribution is 2.25. The summed E-state index contributed by atoms with van der Waals surface area (Å²) in [5, 5.41) is 9.62. The van der Waals surface area contributed by atoms with E-state index in [0.29, 0.717) is 18.7 Å². The first-order chi connectivity index (χ1) is 14.8. The molecule has 3 N–H and O–H groups in total. The Morgan fingerprint density at radius 3 is 2.48 bits per heavy atom. The number of benzene rings is 1. The van der Waals surface area contributed by atoms with Gasteiger partial charge in [0.1, 0.15) is 5.76 Å². The highest BCUT2D eigenvalue weighted by atomic mass is 127. The predicted octanol–water partition coefficient (Wildman–Crippen LogP) is 3.41. The standard InChI is InChI=1S/C23H33N5O2.HI/c1-2-24-23(26-14-9-13-25-22(29)19-10-4-3-5-11-19)27-18-20(21-12-8-17-30-21)28-15-6-7-16-28;/h3-5,8,10-12,17,20H,2,6-7,9,13-16,18H2,1H3,(H,25,29)(H2,24,26,27);1H. The molecule has 1 fully saturated rings. The van der Waals surface area contributed by atoms with Crippen molar-refractivity contribution in [2.45, 2.75) is 32.2 Å². The van der Waals surface area contributed by atoms with Crippen molar-refractivity contribution in [3.63, 3.8) is 0 Å². The van der Waals surface area contributed by atoms with E-state index in [1.807, 2.05) is 42.5 Å². The molecule has 1 saturated heterocycles. The molecule has 2 aromatic rings. The molecular weight excluding hydrogens is 505 g/mol. The molecule has 1 aliphatic rings. The number of carbonyl (C=O) groups is 1. The smallest absolute Gasteiger partial charge is 0.251 e. The summed E-state index contributed by atoms with van der Waals surface area (Å²) in [4.78, 5) is 19.3. The summed E-state index contributed by atoms with van der Waals surface area (Å²) >= 11 is 0. The van der Waals surface area contributed by atoms with Gasteiger partial charge in [-0.15, -0.1) is 24.0 Å². The summed E-state index contributed by atoms with van der Waals surface area (Å²) in [6.07, 6.45) is 5.01. The van der Waals surface area contributed by atoms with Crippen LogP contribution in [0.25, 0.3) is 0 Å². The molecule has 0 aliphatic carbocycles. The largest absolute Gasteiger partial charge is 0.468 e. The zero-order chi connectivity index (χ0) is 21.0. The number of carbonyl (C=O) groups excluding carboxylic acids is 1. The number of aliphatic imine (C=N–C) groups is 1. The summed E-state index contributed by atoms with van der Waals surface area (Å²) in [6.45, 7) is 7.03. The van der Waals surface area contributed by atoms with E-state index in [-0.39, 0.29) is 35.9 Å². The third kappa shape index (κ3) is 8.17. The van der Waals surface area contributed by atoms with Crippen LogP contribution in [0.4, 0.5) is 0 Å². The minimum atomic E-state index is -0.0388. The van der Waals surface area contributed by atoms with Crippen LogP contribution in [0, 0.1) is 0 Å². The van der Waals surface area contributed by atoms with Crippen LogP contribution in [-0.4, -0.2) is 56.0 Å². The third-order valence-electron chi connectivity index (χ3n) is 5.19. The van der Waals surface area contributed by atoms with Gasteiger partial charge in [0.2, 0.25) is 0 Å². The number of nitrogens with zero attached hydrogens (tertiary/aromatic N) is 2. The number of likely N-dealkylation sites (tertiary alicyclic amines) is 1. The Bertz CT molecular complexity index is 777. The van der Waals surface area contributed by atoms with Crippen LogP contribution in [-0.2, 0) is 0 Å². The van der Waals surface area contributed by atoms with E-state index in [2.05, 4.69) is 27.8 Å². The van der Waals surface area contributed by atoms with Crippen molar-refractivity contribution in [1.29, 1.82) is 0 Å². The van der Waals surface area contributed by atoms with Gasteiger partial charge in [0.15, 0.2) is 5.96 Å². The number of nitrogens with one attached hydrogen (secondary N) is 3. The Hall–Kier alpha value is -2.07. The van der Waals surface area contributed by atoms with Gasteiger partial charge < -0.3 is 20.4 Å². The van der Waals surface area contributed by atoms with Crippen LogP contribution in [0.3, 0.4) is 0 Å². The van der Waals surface area contributed by atoms with Gasteiger partial charge in [-0.3, -0.25) is 14.7 Å². The molecule has 1 aliphatic heterocycles. The number of rotatable bonds is 10. The Kier molecular flexibility index (Phi) is 11.4. The third-order valence-corrected chi connectivity index (χ3v) is 5.19. The van der Waals surface area contributed by atoms with Gasteiger partial charge in [-0.2, -0.15) is 0 Å². The molecule has 1 aromatic heterocycles. The fourth-order valence-electron chi connectivity index (χ4n) is 3.63. The lowest BCUT2D eigenvalue weighted by atomic mass is 10.2. The quantitative estimate of drug-likeness (QED) is 0.187. The summed E-state index contributed by atoms with van der Waals surface area (Å²) in [5.41, 5.74) is 0.686. The molecule has 3 rings (SSSR count). The molecule has 1 unspecified atom stereocenters. The van der Waals surface area contributed by atoms with Gasteiger partial charge in [0.25, 0.3) is 5.91 Å². The fraction of sp³-hybridized carbons (Fsp3) is 0.478. The fourth-order valence-corrected chi connectivity index (χ4v) is 3.63. The van der Waals surface area contributed by atoms with E-state index in [4.69, 9.17) is 9.41 Å². The van der Waals surface area contributed by atoms with E-state index < -0.39 is 0 Å². The van der Waals surface area contributed by atoms with Crippen LogP contribution in [0.5, 0.6) is 0 Å². The SMILES string of the molecule is CCNC(=NCC(c1ccco1)N1CCCC1)NCCCNC(=O)c1ccccc1.I. The molecular formula is C23H34IN5O2. The number of guanidine groups is 1. The molecule has 8 heteroatoms. The Morgan fingerprint density at radius 1 is 1.06 bits per heavy atom. The maximum Gasteiger partial charge on any atom is 0.251 e. The predicted molar refractivity (Wildman–Crippen MR) is 135 cm³/mol. The second-order valence-corrected chi connectivity index (χ2v) is 7.40. The Morgan fingerprint density at radius 2 is 1.81 bits per heavy atom. The lowest BCUT2D eigenvalue weighted by Gasteiger charge is -2.24. The monoisotopic (exact) mass is 539 g/mol. The molecule has 2 heterocycles. The number of hydrogen-bond acceptors (Lipinski definition) is 4. The molecule has 0 saturated carbocycles. The first-order valence-electron chi connectivity index (χ1n) is 10.9. The van der Waals surface area contributed by atoms with E-state index >= 15 is 0 Å². The molecule has 7 nitrogen and oxygen atoms in total. The average Bonchev–Trinajstić information content (AvgIpc) is 3.49. The molecule has 0 bridgehead atoms. The molecule has 1 atom stereocenters. The summed E-state index contributed by atoms with van der Waals surface area (Å²) < 4.78 is 5.68. The molecule has 1 aromatic carbocycles. The Labute approximate surface area is 202 Å². The van der Waals surface area contributed by atoms with Crippen LogP contribution in [0.15, 0.2) is 58.1 Å². The normalized spacial score (nSPS) is 15.2. The van der Waals surface area contributed by atoms with Crippen molar-refractivity contribution in [2.75, 3.05) is 39.3 Å². The lowest BCUT2D eigenvalue weighted by Crippen LogP contribution is -2.39. The minimum Gasteiger partial charge on any atom is -0.468 e. The van der Waals surface area contributed by atoms with Crippen LogP contribution in [0.1, 0.15) is 48.3 Å². The van der Waals surface area contributed by atoms with Gasteiger partial charge in [-0.05, 0) is 63.5 Å². The van der Waals surface area contributed by atoms with Gasteiger partial charge in [0.05, 0.1) is 18.8 Å². The van der Waals surface area contributed by atoms with Gasteiger partial charge in [-0.25, -0.2) is 0 Å². The van der Waals surface area contributed by atoms with Crippen molar-refractivity contribution in [3.05, 3.63) is 60.1 Å². The minimum absolute atomic E-state index is 0. The summed E-state index contributed by atoms with van der Waals surface area (Å²) in [6, 6.07) is 13.4. The molecule has 0 spiro atoms. The maximum atomic E-state index is 12.1. The molecule has 1 amide bonds. The second-order valence-electron chi connectivity index (χ2n) is 7.40. The highest BCUT2D eigenvalue weighted by molar-refractivity contribution is 14.0. The van der Waals surface area contributed by atoms with E-state index in [1.165, 1.54) is 12.8 Å². The topological polar surface area (TPSA) is 81.9 Å². The number of halogens is 1. The van der Waals surface area contributed by atoms with Crippen molar-refractivity contribution >= 4 is 35.8 Å². The summed E-state index contributed by atoms with van der Waals surface area (Å²) in [5.74, 6) is 1.73. The van der Waals surface area contributed by atoms with E-state index in [0.717, 1.165) is 44.3 Å². The second kappa shape index (κ2) is 14.1. The van der Waals surface area contributed by atoms with Crippen LogP contribution < -0.4 is 16.0 Å². The van der Waals surface area contributed by atoms with Crippen molar-refractivity contribution in [1.82, 2.24) is 20.9 Å². The first-order valence-corrected chi connectivity index (χ1v) is 10.9. The van der Waals surface area contributed by atoms with Gasteiger partial charge in [0, 0.05) is 25.2 Å². The summed E-state index contributed by atoms with van der Waals surface area (Å²) in [7, 11) is 0. The lowest BCUT2D eigenvalue weighted by molar-refractivity contribution is 0.0953. The zero-order valence-corrected chi connectivity index (χ0v) is 20.5.